The van der Waals surface area contributed by atoms with E-state index in [0.717, 1.165) is 19.0 Å². The molecule has 0 radical (unpaired) electrons. The van der Waals surface area contributed by atoms with Gasteiger partial charge in [0.05, 0.1) is 5.56 Å². The molecule has 2 rings (SSSR count). The fourth-order valence-electron chi connectivity index (χ4n) is 1.63. The van der Waals surface area contributed by atoms with Crippen LogP contribution in [0.25, 0.3) is 0 Å². The highest BCUT2D eigenvalue weighted by Crippen LogP contribution is 2.38. The molecule has 5 heteroatoms. The molecule has 1 aliphatic rings. The number of alkyl halides is 3. The monoisotopic (exact) mass is 235 g/mol. The maximum Gasteiger partial charge on any atom is 0.416 e. The molecule has 1 saturated heterocycles. The zero-order valence-electron chi connectivity index (χ0n) is 7.74. The van der Waals surface area contributed by atoms with Crippen molar-refractivity contribution in [2.45, 2.75) is 18.6 Å². The fourth-order valence-corrected chi connectivity index (χ4v) is 1.80. The Balaban J connectivity index is 2.44. The lowest BCUT2D eigenvalue weighted by Crippen LogP contribution is -2.36. The van der Waals surface area contributed by atoms with Crippen molar-refractivity contribution in [3.63, 3.8) is 0 Å². The molecule has 15 heavy (non-hydrogen) atoms. The van der Waals surface area contributed by atoms with Gasteiger partial charge in [-0.25, -0.2) is 0 Å². The van der Waals surface area contributed by atoms with Crippen molar-refractivity contribution < 1.29 is 13.2 Å². The lowest BCUT2D eigenvalue weighted by Gasteiger charge is -2.30. The van der Waals surface area contributed by atoms with Crippen LogP contribution in [0.5, 0.6) is 0 Å². The SMILES string of the molecule is FC(F)(F)c1cc(Cl)ccc1C1CCN1. The summed E-state index contributed by atoms with van der Waals surface area (Å²) < 4.78 is 38.0. The van der Waals surface area contributed by atoms with Gasteiger partial charge in [-0.15, -0.1) is 0 Å². The molecule has 0 saturated carbocycles. The summed E-state index contributed by atoms with van der Waals surface area (Å²) in [6.07, 6.45) is -3.60. The second-order valence-electron chi connectivity index (χ2n) is 3.52. The van der Waals surface area contributed by atoms with Gasteiger partial charge >= 0.3 is 6.18 Å². The Bertz CT molecular complexity index is 371. The van der Waals surface area contributed by atoms with Gasteiger partial charge in [0.1, 0.15) is 0 Å². The Morgan fingerprint density at radius 2 is 2.00 bits per heavy atom. The van der Waals surface area contributed by atoms with Crippen LogP contribution in [-0.2, 0) is 6.18 Å². The van der Waals surface area contributed by atoms with Crippen LogP contribution in [0.4, 0.5) is 13.2 Å². The molecule has 0 bridgehead atoms. The van der Waals surface area contributed by atoms with E-state index in [1.807, 2.05) is 0 Å². The summed E-state index contributed by atoms with van der Waals surface area (Å²) in [5.74, 6) is 0. The van der Waals surface area contributed by atoms with Crippen molar-refractivity contribution in [1.29, 1.82) is 0 Å². The summed E-state index contributed by atoms with van der Waals surface area (Å²) in [4.78, 5) is 0. The van der Waals surface area contributed by atoms with Gasteiger partial charge in [0.15, 0.2) is 0 Å². The molecule has 1 N–H and O–H groups in total. The highest BCUT2D eigenvalue weighted by molar-refractivity contribution is 6.30. The maximum absolute atomic E-state index is 12.7. The minimum absolute atomic E-state index is 0.116. The Kier molecular flexibility index (Phi) is 2.64. The molecule has 1 unspecified atom stereocenters. The normalized spacial score (nSPS) is 21.2. The summed E-state index contributed by atoms with van der Waals surface area (Å²) in [6, 6.07) is 3.74. The molecule has 1 nitrogen and oxygen atoms in total. The van der Waals surface area contributed by atoms with E-state index in [9.17, 15) is 13.2 Å². The third-order valence-electron chi connectivity index (χ3n) is 2.52. The molecule has 1 aromatic carbocycles. The third kappa shape index (κ3) is 2.11. The minimum atomic E-state index is -4.34. The van der Waals surface area contributed by atoms with Crippen molar-refractivity contribution >= 4 is 11.6 Å². The van der Waals surface area contributed by atoms with E-state index in [2.05, 4.69) is 5.32 Å². The van der Waals surface area contributed by atoms with Gasteiger partial charge in [0, 0.05) is 11.1 Å². The van der Waals surface area contributed by atoms with Crippen LogP contribution in [0.15, 0.2) is 18.2 Å². The Hall–Kier alpha value is -0.740. The van der Waals surface area contributed by atoms with E-state index in [4.69, 9.17) is 11.6 Å². The Morgan fingerprint density at radius 1 is 1.33 bits per heavy atom. The number of hydrogen-bond acceptors (Lipinski definition) is 1. The Morgan fingerprint density at radius 3 is 2.47 bits per heavy atom. The van der Waals surface area contributed by atoms with E-state index >= 15 is 0 Å². The summed E-state index contributed by atoms with van der Waals surface area (Å²) in [5, 5.41) is 3.07. The highest BCUT2D eigenvalue weighted by Gasteiger charge is 2.36. The Labute approximate surface area is 90.2 Å². The van der Waals surface area contributed by atoms with Gasteiger partial charge in [-0.3, -0.25) is 0 Å². The van der Waals surface area contributed by atoms with Crippen LogP contribution in [0, 0.1) is 0 Å². The second kappa shape index (κ2) is 3.68. The molecule has 0 amide bonds. The number of halogens is 4. The summed E-state index contributed by atoms with van der Waals surface area (Å²) in [5.41, 5.74) is -0.342. The molecule has 1 heterocycles. The molecule has 82 valence electrons. The van der Waals surface area contributed by atoms with Crippen LogP contribution < -0.4 is 5.32 Å². The van der Waals surface area contributed by atoms with Gasteiger partial charge in [-0.1, -0.05) is 17.7 Å². The molecule has 0 aromatic heterocycles. The lowest BCUT2D eigenvalue weighted by molar-refractivity contribution is -0.138. The molecule has 1 aliphatic heterocycles. The van der Waals surface area contributed by atoms with E-state index in [1.165, 1.54) is 12.1 Å². The van der Waals surface area contributed by atoms with Gasteiger partial charge < -0.3 is 5.32 Å². The topological polar surface area (TPSA) is 12.0 Å². The highest BCUT2D eigenvalue weighted by atomic mass is 35.5. The average molecular weight is 236 g/mol. The van der Waals surface area contributed by atoms with Crippen LogP contribution >= 0.6 is 11.6 Å². The number of rotatable bonds is 1. The molecule has 1 aromatic rings. The summed E-state index contributed by atoms with van der Waals surface area (Å²) in [6.45, 7) is 0.768. The predicted molar refractivity (Wildman–Crippen MR) is 51.8 cm³/mol. The van der Waals surface area contributed by atoms with E-state index < -0.39 is 11.7 Å². The molecule has 0 spiro atoms. The summed E-state index contributed by atoms with van der Waals surface area (Å²) in [7, 11) is 0. The van der Waals surface area contributed by atoms with Crippen molar-refractivity contribution in [2.24, 2.45) is 0 Å². The van der Waals surface area contributed by atoms with Gasteiger partial charge in [-0.05, 0) is 30.7 Å². The fraction of sp³-hybridized carbons (Fsp3) is 0.400. The first-order valence-electron chi connectivity index (χ1n) is 4.58. The predicted octanol–water partition coefficient (Wildman–Crippen LogP) is 3.39. The van der Waals surface area contributed by atoms with E-state index in [1.54, 1.807) is 0 Å². The van der Waals surface area contributed by atoms with Gasteiger partial charge in [-0.2, -0.15) is 13.2 Å². The standard InChI is InChI=1S/C10H9ClF3N/c11-6-1-2-7(9-3-4-15-9)8(5-6)10(12,13)14/h1-2,5,9,15H,3-4H2. The average Bonchev–Trinajstić information content (AvgIpc) is 2.03. The number of benzene rings is 1. The molecule has 1 atom stereocenters. The molecular weight excluding hydrogens is 227 g/mol. The van der Waals surface area contributed by atoms with Crippen molar-refractivity contribution in [2.75, 3.05) is 6.54 Å². The molecule has 0 aliphatic carbocycles. The largest absolute Gasteiger partial charge is 0.416 e. The molecule has 1 fully saturated rings. The van der Waals surface area contributed by atoms with E-state index in [-0.39, 0.29) is 16.6 Å². The van der Waals surface area contributed by atoms with Crippen molar-refractivity contribution in [1.82, 2.24) is 5.32 Å². The zero-order valence-corrected chi connectivity index (χ0v) is 8.49. The first-order valence-corrected chi connectivity index (χ1v) is 4.96. The second-order valence-corrected chi connectivity index (χ2v) is 3.96. The third-order valence-corrected chi connectivity index (χ3v) is 2.76. The minimum Gasteiger partial charge on any atom is -0.310 e. The first-order chi connectivity index (χ1) is 6.98. The zero-order chi connectivity index (χ0) is 11.1. The van der Waals surface area contributed by atoms with Crippen LogP contribution in [-0.4, -0.2) is 6.54 Å². The van der Waals surface area contributed by atoms with Crippen molar-refractivity contribution in [3.8, 4) is 0 Å². The van der Waals surface area contributed by atoms with Gasteiger partial charge in [0.2, 0.25) is 0 Å². The smallest absolute Gasteiger partial charge is 0.310 e. The van der Waals surface area contributed by atoms with Crippen molar-refractivity contribution in [3.05, 3.63) is 34.3 Å². The van der Waals surface area contributed by atoms with Gasteiger partial charge in [0.25, 0.3) is 0 Å². The lowest BCUT2D eigenvalue weighted by atomic mass is 9.93. The van der Waals surface area contributed by atoms with Crippen LogP contribution in [0.1, 0.15) is 23.6 Å². The first kappa shape index (κ1) is 10.8. The number of hydrogen-bond donors (Lipinski definition) is 1. The van der Waals surface area contributed by atoms with Crippen LogP contribution in [0.2, 0.25) is 5.02 Å². The number of nitrogens with one attached hydrogen (secondary N) is 1. The summed E-state index contributed by atoms with van der Waals surface area (Å²) >= 11 is 5.57. The van der Waals surface area contributed by atoms with Crippen LogP contribution in [0.3, 0.4) is 0 Å². The molecular formula is C10H9ClF3N. The quantitative estimate of drug-likeness (QED) is 0.787. The maximum atomic E-state index is 12.7. The van der Waals surface area contributed by atoms with E-state index in [0.29, 0.717) is 0 Å².